The average Bonchev–Trinajstić information content (AvgIpc) is 2.35. The first kappa shape index (κ1) is 14.8. The van der Waals surface area contributed by atoms with Crippen molar-refractivity contribution in [2.75, 3.05) is 12.9 Å². The summed E-state index contributed by atoms with van der Waals surface area (Å²) in [6.07, 6.45) is 0. The predicted octanol–water partition coefficient (Wildman–Crippen LogP) is 3.15. The number of nitro benzene ring substituents is 1. The second kappa shape index (κ2) is 6.61. The van der Waals surface area contributed by atoms with E-state index in [0.717, 1.165) is 0 Å². The van der Waals surface area contributed by atoms with Crippen LogP contribution in [0.3, 0.4) is 0 Å². The molecule has 5 nitrogen and oxygen atoms in total. The van der Waals surface area contributed by atoms with E-state index in [0.29, 0.717) is 15.7 Å². The van der Waals surface area contributed by atoms with Gasteiger partial charge in [-0.2, -0.15) is 0 Å². The first-order valence-corrected chi connectivity index (χ1v) is 6.46. The van der Waals surface area contributed by atoms with Crippen molar-refractivity contribution in [1.29, 1.82) is 0 Å². The van der Waals surface area contributed by atoms with Gasteiger partial charge in [-0.3, -0.25) is 14.9 Å². The topological polar surface area (TPSA) is 69.4 Å². The summed E-state index contributed by atoms with van der Waals surface area (Å²) in [4.78, 5) is 22.1. The Labute approximate surface area is 114 Å². The van der Waals surface area contributed by atoms with E-state index in [-0.39, 0.29) is 17.6 Å². The van der Waals surface area contributed by atoms with Crippen LogP contribution in [0.2, 0.25) is 5.02 Å². The quantitative estimate of drug-likeness (QED) is 0.360. The second-order valence-electron chi connectivity index (χ2n) is 3.60. The molecule has 0 saturated carbocycles. The van der Waals surface area contributed by atoms with Crippen molar-refractivity contribution in [2.45, 2.75) is 11.8 Å². The zero-order valence-electron chi connectivity index (χ0n) is 9.88. The molecule has 7 heteroatoms. The van der Waals surface area contributed by atoms with Gasteiger partial charge in [0.05, 0.1) is 22.8 Å². The molecule has 0 bridgehead atoms. The number of nitrogens with zero attached hydrogens (tertiary/aromatic N) is 1. The minimum absolute atomic E-state index is 0.0513. The van der Waals surface area contributed by atoms with Crippen LogP contribution in [0, 0.1) is 16.0 Å². The van der Waals surface area contributed by atoms with Crippen molar-refractivity contribution in [3.05, 3.63) is 33.3 Å². The van der Waals surface area contributed by atoms with Crippen molar-refractivity contribution in [1.82, 2.24) is 0 Å². The molecule has 1 aromatic rings. The number of ether oxygens (including phenoxy) is 1. The molecule has 0 fully saturated rings. The number of thioether (sulfide) groups is 1. The van der Waals surface area contributed by atoms with E-state index in [2.05, 4.69) is 4.74 Å². The molecule has 0 aliphatic rings. The molecule has 0 amide bonds. The molecule has 1 unspecified atom stereocenters. The van der Waals surface area contributed by atoms with E-state index in [4.69, 9.17) is 11.6 Å². The average molecular weight is 290 g/mol. The Hall–Kier alpha value is -1.27. The van der Waals surface area contributed by atoms with Crippen LogP contribution in [0.5, 0.6) is 0 Å². The predicted molar refractivity (Wildman–Crippen MR) is 70.0 cm³/mol. The van der Waals surface area contributed by atoms with Gasteiger partial charge in [-0.15, -0.1) is 11.8 Å². The van der Waals surface area contributed by atoms with Gasteiger partial charge in [0, 0.05) is 16.8 Å². The van der Waals surface area contributed by atoms with Gasteiger partial charge in [-0.05, 0) is 12.1 Å². The normalized spacial score (nSPS) is 11.9. The number of esters is 1. The molecule has 1 atom stereocenters. The van der Waals surface area contributed by atoms with Crippen LogP contribution in [0.25, 0.3) is 0 Å². The van der Waals surface area contributed by atoms with E-state index < -0.39 is 4.92 Å². The third-order valence-corrected chi connectivity index (χ3v) is 3.77. The standard InChI is InChI=1S/C11H12ClNO4S/c1-7(11(14)17-2)6-18-10-4-3-8(12)5-9(10)13(15)16/h3-5,7H,6H2,1-2H3. The van der Waals surface area contributed by atoms with Crippen LogP contribution in [0.15, 0.2) is 23.1 Å². The van der Waals surface area contributed by atoms with E-state index in [9.17, 15) is 14.9 Å². The molecule has 1 aromatic carbocycles. The van der Waals surface area contributed by atoms with Crippen LogP contribution >= 0.6 is 23.4 Å². The van der Waals surface area contributed by atoms with Gasteiger partial charge in [0.15, 0.2) is 0 Å². The second-order valence-corrected chi connectivity index (χ2v) is 5.10. The summed E-state index contributed by atoms with van der Waals surface area (Å²) in [6.45, 7) is 1.71. The highest BCUT2D eigenvalue weighted by atomic mass is 35.5. The van der Waals surface area contributed by atoms with Crippen LogP contribution in [0.4, 0.5) is 5.69 Å². The molecule has 1 rings (SSSR count). The van der Waals surface area contributed by atoms with Gasteiger partial charge >= 0.3 is 5.97 Å². The molecule has 0 N–H and O–H groups in total. The molecule has 0 aliphatic heterocycles. The van der Waals surface area contributed by atoms with Crippen LogP contribution in [0.1, 0.15) is 6.92 Å². The summed E-state index contributed by atoms with van der Waals surface area (Å²) >= 11 is 6.94. The third kappa shape index (κ3) is 3.89. The summed E-state index contributed by atoms with van der Waals surface area (Å²) in [5.41, 5.74) is -0.0513. The fourth-order valence-electron chi connectivity index (χ4n) is 1.24. The largest absolute Gasteiger partial charge is 0.469 e. The number of hydrogen-bond donors (Lipinski definition) is 0. The zero-order valence-corrected chi connectivity index (χ0v) is 11.5. The Kier molecular flexibility index (Phi) is 5.43. The van der Waals surface area contributed by atoms with Crippen molar-refractivity contribution in [2.24, 2.45) is 5.92 Å². The maximum Gasteiger partial charge on any atom is 0.309 e. The lowest BCUT2D eigenvalue weighted by Gasteiger charge is -2.08. The molecule has 0 saturated heterocycles. The number of carbonyl (C=O) groups is 1. The molecule has 0 spiro atoms. The van der Waals surface area contributed by atoms with Crippen molar-refractivity contribution in [3.63, 3.8) is 0 Å². The van der Waals surface area contributed by atoms with E-state index >= 15 is 0 Å². The van der Waals surface area contributed by atoms with E-state index in [1.54, 1.807) is 19.1 Å². The number of nitro groups is 1. The molecular weight excluding hydrogens is 278 g/mol. The molecular formula is C11H12ClNO4S. The Morgan fingerprint density at radius 2 is 2.28 bits per heavy atom. The van der Waals surface area contributed by atoms with Gasteiger partial charge in [0.1, 0.15) is 0 Å². The third-order valence-electron chi connectivity index (χ3n) is 2.21. The van der Waals surface area contributed by atoms with Gasteiger partial charge in [0.25, 0.3) is 5.69 Å². The zero-order chi connectivity index (χ0) is 13.7. The Balaban J connectivity index is 2.79. The molecule has 18 heavy (non-hydrogen) atoms. The SMILES string of the molecule is COC(=O)C(C)CSc1ccc(Cl)cc1[N+](=O)[O-]. The summed E-state index contributed by atoms with van der Waals surface area (Å²) in [6, 6.07) is 4.46. The summed E-state index contributed by atoms with van der Waals surface area (Å²) in [5, 5.41) is 11.2. The Morgan fingerprint density at radius 3 is 2.83 bits per heavy atom. The number of halogens is 1. The molecule has 0 aromatic heterocycles. The lowest BCUT2D eigenvalue weighted by atomic mass is 10.2. The fraction of sp³-hybridized carbons (Fsp3) is 0.364. The first-order chi connectivity index (χ1) is 8.45. The number of carbonyl (C=O) groups excluding carboxylic acids is 1. The van der Waals surface area contributed by atoms with Crippen LogP contribution < -0.4 is 0 Å². The summed E-state index contributed by atoms with van der Waals surface area (Å²) in [7, 11) is 1.31. The first-order valence-electron chi connectivity index (χ1n) is 5.10. The number of benzene rings is 1. The van der Waals surface area contributed by atoms with Gasteiger partial charge in [-0.1, -0.05) is 18.5 Å². The van der Waals surface area contributed by atoms with Gasteiger partial charge < -0.3 is 4.74 Å². The van der Waals surface area contributed by atoms with Crippen LogP contribution in [-0.4, -0.2) is 23.8 Å². The maximum atomic E-state index is 11.2. The number of rotatable bonds is 5. The van der Waals surface area contributed by atoms with Gasteiger partial charge in [-0.25, -0.2) is 0 Å². The lowest BCUT2D eigenvalue weighted by Crippen LogP contribution is -2.14. The number of hydrogen-bond acceptors (Lipinski definition) is 5. The molecule has 98 valence electrons. The number of methoxy groups -OCH3 is 1. The smallest absolute Gasteiger partial charge is 0.309 e. The van der Waals surface area contributed by atoms with E-state index in [1.165, 1.54) is 24.9 Å². The lowest BCUT2D eigenvalue weighted by molar-refractivity contribution is -0.387. The highest BCUT2D eigenvalue weighted by molar-refractivity contribution is 7.99. The Bertz CT molecular complexity index is 466. The highest BCUT2D eigenvalue weighted by Gasteiger charge is 2.18. The van der Waals surface area contributed by atoms with Crippen molar-refractivity contribution in [3.8, 4) is 0 Å². The Morgan fingerprint density at radius 1 is 1.61 bits per heavy atom. The summed E-state index contributed by atoms with van der Waals surface area (Å²) < 4.78 is 4.59. The molecule has 0 heterocycles. The van der Waals surface area contributed by atoms with Crippen molar-refractivity contribution >= 4 is 35.0 Å². The fourth-order valence-corrected chi connectivity index (χ4v) is 2.42. The minimum atomic E-state index is -0.489. The molecule has 0 aliphatic carbocycles. The van der Waals surface area contributed by atoms with Crippen molar-refractivity contribution < 1.29 is 14.5 Å². The van der Waals surface area contributed by atoms with Crippen LogP contribution in [-0.2, 0) is 9.53 Å². The van der Waals surface area contributed by atoms with Gasteiger partial charge in [0.2, 0.25) is 0 Å². The minimum Gasteiger partial charge on any atom is -0.469 e. The van der Waals surface area contributed by atoms with E-state index in [1.807, 2.05) is 0 Å². The highest BCUT2D eigenvalue weighted by Crippen LogP contribution is 2.32. The maximum absolute atomic E-state index is 11.2. The summed E-state index contributed by atoms with van der Waals surface area (Å²) in [5.74, 6) is -0.246. The monoisotopic (exact) mass is 289 g/mol. The molecule has 0 radical (unpaired) electrons.